The number of amides is 1. The SMILES string of the molecule is CC(=O)NC1C(O)C(O)C(CO)OC1n1nc(-c2ccc(C)cc2)n(C2CC2)c1=S. The van der Waals surface area contributed by atoms with Gasteiger partial charge in [-0.1, -0.05) is 29.8 Å². The molecule has 0 spiro atoms. The summed E-state index contributed by atoms with van der Waals surface area (Å²) in [5.74, 6) is 0.281. The first-order valence-electron chi connectivity index (χ1n) is 9.99. The van der Waals surface area contributed by atoms with Crippen molar-refractivity contribution in [1.29, 1.82) is 0 Å². The van der Waals surface area contributed by atoms with Crippen LogP contribution in [0, 0.1) is 11.7 Å². The van der Waals surface area contributed by atoms with Crippen LogP contribution in [0.25, 0.3) is 11.4 Å². The van der Waals surface area contributed by atoms with Crippen LogP contribution in [0.3, 0.4) is 0 Å². The highest BCUT2D eigenvalue weighted by Crippen LogP contribution is 2.40. The van der Waals surface area contributed by atoms with Gasteiger partial charge in [-0.2, -0.15) is 0 Å². The molecule has 5 atom stereocenters. The van der Waals surface area contributed by atoms with E-state index in [0.717, 1.165) is 24.0 Å². The number of aliphatic hydroxyl groups is 3. The van der Waals surface area contributed by atoms with Gasteiger partial charge < -0.3 is 25.4 Å². The van der Waals surface area contributed by atoms with Crippen LogP contribution in [0.2, 0.25) is 0 Å². The van der Waals surface area contributed by atoms with Crippen molar-refractivity contribution in [2.45, 2.75) is 63.3 Å². The molecular weight excluding hydrogens is 408 g/mol. The Kier molecular flexibility index (Phi) is 5.78. The number of aryl methyl sites for hydroxylation is 1. The topological polar surface area (TPSA) is 122 Å². The van der Waals surface area contributed by atoms with Crippen LogP contribution < -0.4 is 5.32 Å². The maximum atomic E-state index is 11.8. The van der Waals surface area contributed by atoms with Crippen molar-refractivity contribution >= 4 is 18.1 Å². The van der Waals surface area contributed by atoms with Crippen LogP contribution in [0.1, 0.15) is 37.6 Å². The zero-order valence-corrected chi connectivity index (χ0v) is 17.6. The summed E-state index contributed by atoms with van der Waals surface area (Å²) in [6.45, 7) is 2.82. The average Bonchev–Trinajstić information content (AvgIpc) is 3.49. The second-order valence-corrected chi connectivity index (χ2v) is 8.34. The molecule has 30 heavy (non-hydrogen) atoms. The summed E-state index contributed by atoms with van der Waals surface area (Å²) in [6, 6.07) is 7.17. The lowest BCUT2D eigenvalue weighted by Crippen LogP contribution is -2.62. The van der Waals surface area contributed by atoms with Crippen LogP contribution in [-0.2, 0) is 9.53 Å². The molecule has 0 radical (unpaired) electrons. The van der Waals surface area contributed by atoms with Crippen LogP contribution in [0.4, 0.5) is 0 Å². The smallest absolute Gasteiger partial charge is 0.217 e. The van der Waals surface area contributed by atoms with Crippen molar-refractivity contribution in [3.8, 4) is 11.4 Å². The summed E-state index contributed by atoms with van der Waals surface area (Å²) >= 11 is 5.71. The van der Waals surface area contributed by atoms with E-state index < -0.39 is 43.1 Å². The summed E-state index contributed by atoms with van der Waals surface area (Å²) < 4.78 is 9.70. The first-order chi connectivity index (χ1) is 14.3. The van der Waals surface area contributed by atoms with Crippen molar-refractivity contribution in [1.82, 2.24) is 19.7 Å². The predicted molar refractivity (Wildman–Crippen MR) is 110 cm³/mol. The van der Waals surface area contributed by atoms with Crippen LogP contribution in [-0.4, -0.2) is 66.5 Å². The number of benzene rings is 1. The molecule has 4 N–H and O–H groups in total. The number of carbonyl (C=O) groups is 1. The first kappa shape index (κ1) is 21.1. The fourth-order valence-corrected chi connectivity index (χ4v) is 4.20. The minimum Gasteiger partial charge on any atom is -0.394 e. The summed E-state index contributed by atoms with van der Waals surface area (Å²) in [4.78, 5) is 11.8. The second kappa shape index (κ2) is 8.20. The Morgan fingerprint density at radius 3 is 2.50 bits per heavy atom. The van der Waals surface area contributed by atoms with Gasteiger partial charge in [-0.05, 0) is 32.0 Å². The van der Waals surface area contributed by atoms with Crippen molar-refractivity contribution in [2.75, 3.05) is 6.61 Å². The molecule has 10 heteroatoms. The number of nitrogens with one attached hydrogen (secondary N) is 1. The molecule has 1 aliphatic heterocycles. The van der Waals surface area contributed by atoms with Crippen LogP contribution in [0.5, 0.6) is 0 Å². The molecule has 2 aliphatic rings. The van der Waals surface area contributed by atoms with Gasteiger partial charge in [0.05, 0.1) is 6.61 Å². The van der Waals surface area contributed by atoms with E-state index in [9.17, 15) is 20.1 Å². The molecule has 5 unspecified atom stereocenters. The van der Waals surface area contributed by atoms with Gasteiger partial charge in [-0.25, -0.2) is 4.68 Å². The predicted octanol–water partition coefficient (Wildman–Crippen LogP) is 0.841. The van der Waals surface area contributed by atoms with Crippen molar-refractivity contribution < 1.29 is 24.9 Å². The fraction of sp³-hybridized carbons (Fsp3) is 0.550. The third kappa shape index (κ3) is 3.81. The Morgan fingerprint density at radius 2 is 1.93 bits per heavy atom. The third-order valence-corrected chi connectivity index (χ3v) is 5.95. The molecule has 4 rings (SSSR count). The zero-order chi connectivity index (χ0) is 21.6. The number of ether oxygens (including phenoxy) is 1. The molecule has 1 aliphatic carbocycles. The van der Waals surface area contributed by atoms with E-state index in [4.69, 9.17) is 22.1 Å². The van der Waals surface area contributed by atoms with Crippen molar-refractivity contribution in [2.24, 2.45) is 0 Å². The molecule has 162 valence electrons. The van der Waals surface area contributed by atoms with E-state index in [0.29, 0.717) is 10.6 Å². The van der Waals surface area contributed by atoms with Gasteiger partial charge in [0.1, 0.15) is 24.4 Å². The summed E-state index contributed by atoms with van der Waals surface area (Å²) in [7, 11) is 0. The Bertz CT molecular complexity index is 984. The minimum absolute atomic E-state index is 0.231. The Balaban J connectivity index is 1.81. The molecule has 2 fully saturated rings. The standard InChI is InChI=1S/C20H26N4O5S/c1-10-3-5-12(6-4-10)18-22-24(20(30)23(18)13-7-8-13)19-15(21-11(2)26)17(28)16(27)14(9-25)29-19/h3-6,13-17,19,25,27-28H,7-9H2,1-2H3,(H,21,26). The quantitative estimate of drug-likeness (QED) is 0.515. The average molecular weight is 435 g/mol. The summed E-state index contributed by atoms with van der Waals surface area (Å²) in [5, 5.41) is 37.8. The van der Waals surface area contributed by atoms with Gasteiger partial charge in [0.25, 0.3) is 0 Å². The number of aliphatic hydroxyl groups excluding tert-OH is 3. The molecule has 1 saturated heterocycles. The Morgan fingerprint density at radius 1 is 1.27 bits per heavy atom. The second-order valence-electron chi connectivity index (χ2n) is 7.97. The van der Waals surface area contributed by atoms with Gasteiger partial charge in [-0.15, -0.1) is 5.10 Å². The number of aromatic nitrogens is 3. The molecule has 2 heterocycles. The summed E-state index contributed by atoms with van der Waals surface area (Å²) in [6.07, 6.45) is -2.77. The molecule has 1 saturated carbocycles. The largest absolute Gasteiger partial charge is 0.394 e. The molecule has 9 nitrogen and oxygen atoms in total. The normalized spacial score (nSPS) is 29.0. The number of carbonyl (C=O) groups excluding carboxylic acids is 1. The molecule has 2 aromatic rings. The van der Waals surface area contributed by atoms with E-state index in [1.54, 1.807) is 0 Å². The van der Waals surface area contributed by atoms with E-state index in [-0.39, 0.29) is 6.04 Å². The zero-order valence-electron chi connectivity index (χ0n) is 16.8. The highest BCUT2D eigenvalue weighted by molar-refractivity contribution is 7.71. The highest BCUT2D eigenvalue weighted by Gasteiger charge is 2.47. The molecular formula is C20H26N4O5S. The maximum Gasteiger partial charge on any atom is 0.217 e. The van der Waals surface area contributed by atoms with Gasteiger partial charge >= 0.3 is 0 Å². The molecule has 1 amide bonds. The van der Waals surface area contributed by atoms with E-state index in [2.05, 4.69) is 5.32 Å². The fourth-order valence-electron chi connectivity index (χ4n) is 3.82. The Hall–Kier alpha value is -2.11. The van der Waals surface area contributed by atoms with E-state index in [1.807, 2.05) is 35.8 Å². The molecule has 0 bridgehead atoms. The highest BCUT2D eigenvalue weighted by atomic mass is 32.1. The maximum absolute atomic E-state index is 11.8. The number of hydrogen-bond donors (Lipinski definition) is 4. The summed E-state index contributed by atoms with van der Waals surface area (Å²) in [5.41, 5.74) is 2.02. The number of nitrogens with zero attached hydrogens (tertiary/aromatic N) is 3. The first-order valence-corrected chi connectivity index (χ1v) is 10.4. The van der Waals surface area contributed by atoms with Gasteiger partial charge in [0.2, 0.25) is 10.7 Å². The molecule has 1 aromatic heterocycles. The van der Waals surface area contributed by atoms with Gasteiger partial charge in [0, 0.05) is 18.5 Å². The van der Waals surface area contributed by atoms with E-state index in [1.165, 1.54) is 11.6 Å². The number of rotatable bonds is 5. The van der Waals surface area contributed by atoms with Crippen molar-refractivity contribution in [3.63, 3.8) is 0 Å². The monoisotopic (exact) mass is 434 g/mol. The lowest BCUT2D eigenvalue weighted by molar-refractivity contribution is -0.219. The van der Waals surface area contributed by atoms with Crippen LogP contribution >= 0.6 is 12.2 Å². The minimum atomic E-state index is -1.36. The van der Waals surface area contributed by atoms with Gasteiger partial charge in [-0.3, -0.25) is 9.36 Å². The van der Waals surface area contributed by atoms with Gasteiger partial charge in [0.15, 0.2) is 12.1 Å². The van der Waals surface area contributed by atoms with E-state index >= 15 is 0 Å². The lowest BCUT2D eigenvalue weighted by atomic mass is 9.96. The van der Waals surface area contributed by atoms with Crippen LogP contribution in [0.15, 0.2) is 24.3 Å². The van der Waals surface area contributed by atoms with Crippen molar-refractivity contribution in [3.05, 3.63) is 34.6 Å². The third-order valence-electron chi connectivity index (χ3n) is 5.57. The number of hydrogen-bond acceptors (Lipinski definition) is 7. The Labute approximate surface area is 178 Å². The lowest BCUT2D eigenvalue weighted by Gasteiger charge is -2.42. The molecule has 1 aromatic carbocycles.